The quantitative estimate of drug-likeness (QED) is 0.689. The first-order valence-electron chi connectivity index (χ1n) is 8.61. The number of anilines is 1. The largest absolute Gasteiger partial charge is 0.369 e. The molecule has 8 heteroatoms. The molecule has 2 heterocycles. The maximum atomic E-state index is 14.0. The number of fused-ring (bicyclic) bond motifs is 1. The first-order chi connectivity index (χ1) is 12.9. The molecule has 1 saturated heterocycles. The fourth-order valence-corrected chi connectivity index (χ4v) is 4.77. The van der Waals surface area contributed by atoms with Gasteiger partial charge in [0.1, 0.15) is 16.5 Å². The second kappa shape index (κ2) is 6.61. The van der Waals surface area contributed by atoms with Gasteiger partial charge in [0.2, 0.25) is 0 Å². The molecule has 0 amide bonds. The van der Waals surface area contributed by atoms with E-state index in [-0.39, 0.29) is 0 Å². The lowest BCUT2D eigenvalue weighted by Crippen LogP contribution is -2.44. The highest BCUT2D eigenvalue weighted by Gasteiger charge is 2.23. The summed E-state index contributed by atoms with van der Waals surface area (Å²) in [5.74, 6) is -1.92. The number of piperazine rings is 1. The van der Waals surface area contributed by atoms with E-state index in [4.69, 9.17) is 0 Å². The molecule has 0 spiro atoms. The molecule has 1 aliphatic rings. The Hall–Kier alpha value is -2.45. The topological polar surface area (TPSA) is 45.5 Å². The monoisotopic (exact) mass is 391 g/mol. The molecule has 0 atom stereocenters. The molecule has 0 aliphatic carbocycles. The van der Waals surface area contributed by atoms with Gasteiger partial charge in [-0.25, -0.2) is 21.2 Å². The van der Waals surface area contributed by atoms with Crippen molar-refractivity contribution in [1.82, 2.24) is 8.87 Å². The van der Waals surface area contributed by atoms with Crippen LogP contribution in [0.3, 0.4) is 0 Å². The standard InChI is InChI=1S/C19H19F2N3O2S/c1-22-8-10-23(11-9-22)16-3-4-18-14(12-16)6-7-24(18)27(25,26)19-5-2-15(20)13-17(19)21/h2-7,12-13H,8-11H2,1H3. The molecule has 3 aromatic rings. The molecule has 1 aromatic heterocycles. The van der Waals surface area contributed by atoms with E-state index in [1.807, 2.05) is 12.1 Å². The van der Waals surface area contributed by atoms with E-state index in [0.29, 0.717) is 11.6 Å². The van der Waals surface area contributed by atoms with E-state index < -0.39 is 26.6 Å². The van der Waals surface area contributed by atoms with Crippen molar-refractivity contribution in [3.63, 3.8) is 0 Å². The van der Waals surface area contributed by atoms with Crippen molar-refractivity contribution in [1.29, 1.82) is 0 Å². The number of hydrogen-bond donors (Lipinski definition) is 0. The number of aromatic nitrogens is 1. The highest BCUT2D eigenvalue weighted by Crippen LogP contribution is 2.28. The zero-order chi connectivity index (χ0) is 19.2. The number of benzene rings is 2. The van der Waals surface area contributed by atoms with Crippen molar-refractivity contribution in [2.45, 2.75) is 4.90 Å². The van der Waals surface area contributed by atoms with Crippen LogP contribution >= 0.6 is 0 Å². The molecular formula is C19H19F2N3O2S. The molecule has 27 heavy (non-hydrogen) atoms. The number of hydrogen-bond acceptors (Lipinski definition) is 4. The van der Waals surface area contributed by atoms with Crippen molar-refractivity contribution in [3.8, 4) is 0 Å². The van der Waals surface area contributed by atoms with E-state index >= 15 is 0 Å². The Labute approximate surface area is 156 Å². The van der Waals surface area contributed by atoms with Crippen LogP contribution in [0.4, 0.5) is 14.5 Å². The van der Waals surface area contributed by atoms with Gasteiger partial charge in [0, 0.05) is 49.5 Å². The molecule has 0 unspecified atom stereocenters. The van der Waals surface area contributed by atoms with Gasteiger partial charge < -0.3 is 9.80 Å². The third-order valence-electron chi connectivity index (χ3n) is 4.94. The predicted molar refractivity (Wildman–Crippen MR) is 101 cm³/mol. The van der Waals surface area contributed by atoms with Crippen LogP contribution in [0.15, 0.2) is 53.6 Å². The summed E-state index contributed by atoms with van der Waals surface area (Å²) < 4.78 is 53.9. The second-order valence-electron chi connectivity index (χ2n) is 6.72. The van der Waals surface area contributed by atoms with Gasteiger partial charge in [-0.2, -0.15) is 0 Å². The third-order valence-corrected chi connectivity index (χ3v) is 6.66. The molecule has 0 radical (unpaired) electrons. The van der Waals surface area contributed by atoms with Gasteiger partial charge in [0.05, 0.1) is 5.52 Å². The maximum Gasteiger partial charge on any atom is 0.271 e. The molecule has 4 rings (SSSR count). The second-order valence-corrected chi connectivity index (χ2v) is 8.51. The number of halogens is 2. The fraction of sp³-hybridized carbons (Fsp3) is 0.263. The predicted octanol–water partition coefficient (Wildman–Crippen LogP) is 2.91. The van der Waals surface area contributed by atoms with Crippen molar-refractivity contribution in [2.24, 2.45) is 0 Å². The van der Waals surface area contributed by atoms with Crippen LogP contribution in [0.25, 0.3) is 10.9 Å². The van der Waals surface area contributed by atoms with Gasteiger partial charge in [0.25, 0.3) is 10.0 Å². The summed E-state index contributed by atoms with van der Waals surface area (Å²) in [6.45, 7) is 3.75. The molecule has 5 nitrogen and oxygen atoms in total. The summed E-state index contributed by atoms with van der Waals surface area (Å²) in [7, 11) is -2.08. The maximum absolute atomic E-state index is 14.0. The summed E-state index contributed by atoms with van der Waals surface area (Å²) >= 11 is 0. The molecule has 0 bridgehead atoms. The van der Waals surface area contributed by atoms with Crippen LogP contribution in [0, 0.1) is 11.6 Å². The van der Waals surface area contributed by atoms with Crippen molar-refractivity contribution >= 4 is 26.6 Å². The minimum absolute atomic E-state index is 0.455. The third kappa shape index (κ3) is 3.19. The van der Waals surface area contributed by atoms with E-state index in [1.54, 1.807) is 12.1 Å². The zero-order valence-corrected chi connectivity index (χ0v) is 15.6. The highest BCUT2D eigenvalue weighted by molar-refractivity contribution is 7.90. The summed E-state index contributed by atoms with van der Waals surface area (Å²) in [6.07, 6.45) is 1.40. The van der Waals surface area contributed by atoms with Crippen LogP contribution in [0.5, 0.6) is 0 Å². The van der Waals surface area contributed by atoms with Gasteiger partial charge in [0.15, 0.2) is 0 Å². The van der Waals surface area contributed by atoms with Gasteiger partial charge in [-0.15, -0.1) is 0 Å². The van der Waals surface area contributed by atoms with Crippen LogP contribution in [0.2, 0.25) is 0 Å². The molecule has 0 N–H and O–H groups in total. The molecular weight excluding hydrogens is 372 g/mol. The average molecular weight is 391 g/mol. The number of likely N-dealkylation sites (N-methyl/N-ethyl adjacent to an activating group) is 1. The molecule has 0 saturated carbocycles. The smallest absolute Gasteiger partial charge is 0.271 e. The van der Waals surface area contributed by atoms with E-state index in [2.05, 4.69) is 16.8 Å². The van der Waals surface area contributed by atoms with Crippen LogP contribution in [-0.2, 0) is 10.0 Å². The first-order valence-corrected chi connectivity index (χ1v) is 10.1. The Morgan fingerprint density at radius 2 is 1.67 bits per heavy atom. The first kappa shape index (κ1) is 17.9. The van der Waals surface area contributed by atoms with Gasteiger partial charge in [-0.05, 0) is 43.4 Å². The summed E-state index contributed by atoms with van der Waals surface area (Å²) in [4.78, 5) is 3.96. The van der Waals surface area contributed by atoms with Crippen molar-refractivity contribution in [2.75, 3.05) is 38.1 Å². The van der Waals surface area contributed by atoms with Gasteiger partial charge in [-0.3, -0.25) is 0 Å². The Morgan fingerprint density at radius 1 is 0.926 bits per heavy atom. The lowest BCUT2D eigenvalue weighted by molar-refractivity contribution is 0.313. The molecule has 2 aromatic carbocycles. The SMILES string of the molecule is CN1CCN(c2ccc3c(ccn3S(=O)(=O)c3ccc(F)cc3F)c2)CC1. The van der Waals surface area contributed by atoms with Crippen molar-refractivity contribution in [3.05, 3.63) is 60.3 Å². The fourth-order valence-electron chi connectivity index (χ4n) is 3.37. The Bertz CT molecular complexity index is 1100. The Balaban J connectivity index is 1.73. The minimum Gasteiger partial charge on any atom is -0.369 e. The van der Waals surface area contributed by atoms with Crippen LogP contribution < -0.4 is 4.90 Å². The summed E-state index contributed by atoms with van der Waals surface area (Å²) in [5, 5.41) is 0.748. The molecule has 1 aliphatic heterocycles. The normalized spacial score (nSPS) is 16.2. The van der Waals surface area contributed by atoms with E-state index in [1.165, 1.54) is 6.20 Å². The summed E-state index contributed by atoms with van der Waals surface area (Å²) in [5.41, 5.74) is 1.48. The lowest BCUT2D eigenvalue weighted by Gasteiger charge is -2.34. The number of nitrogens with zero attached hydrogens (tertiary/aromatic N) is 3. The average Bonchev–Trinajstić information content (AvgIpc) is 3.06. The van der Waals surface area contributed by atoms with Gasteiger partial charge in [-0.1, -0.05) is 0 Å². The minimum atomic E-state index is -4.16. The Kier molecular flexibility index (Phi) is 4.39. The molecule has 142 valence electrons. The zero-order valence-electron chi connectivity index (χ0n) is 14.8. The highest BCUT2D eigenvalue weighted by atomic mass is 32.2. The van der Waals surface area contributed by atoms with Crippen LogP contribution in [0.1, 0.15) is 0 Å². The van der Waals surface area contributed by atoms with E-state index in [0.717, 1.165) is 53.4 Å². The van der Waals surface area contributed by atoms with Gasteiger partial charge >= 0.3 is 0 Å². The molecule has 1 fully saturated rings. The lowest BCUT2D eigenvalue weighted by atomic mass is 10.2. The van der Waals surface area contributed by atoms with E-state index in [9.17, 15) is 17.2 Å². The van der Waals surface area contributed by atoms with Crippen molar-refractivity contribution < 1.29 is 17.2 Å². The van der Waals surface area contributed by atoms with Crippen LogP contribution in [-0.4, -0.2) is 50.5 Å². The summed E-state index contributed by atoms with van der Waals surface area (Å²) in [6, 6.07) is 9.69. The number of rotatable bonds is 3. The Morgan fingerprint density at radius 3 is 2.37 bits per heavy atom.